The SMILES string of the molecule is COCC(=O)N(CC12CC3CC(CC(C3)C1)C2)C1C=C(C(=O)NCCO)C2c3cc(CO)cc(OC)c3OC2C1O. The molecule has 7 rings (SSSR count). The van der Waals surface area contributed by atoms with Crippen LogP contribution < -0.4 is 14.8 Å². The van der Waals surface area contributed by atoms with Crippen LogP contribution in [0.2, 0.25) is 0 Å². The van der Waals surface area contributed by atoms with Crippen molar-refractivity contribution in [3.63, 3.8) is 0 Å². The van der Waals surface area contributed by atoms with Gasteiger partial charge in [-0.3, -0.25) is 9.59 Å². The molecule has 4 atom stereocenters. The number of benzene rings is 1. The van der Waals surface area contributed by atoms with Crippen molar-refractivity contribution in [3.05, 3.63) is 34.9 Å². The number of aliphatic hydroxyl groups is 3. The van der Waals surface area contributed by atoms with E-state index < -0.39 is 30.1 Å². The monoisotopic (exact) mass is 570 g/mol. The van der Waals surface area contributed by atoms with Crippen LogP contribution in [0.4, 0.5) is 0 Å². The first-order valence-corrected chi connectivity index (χ1v) is 14.8. The van der Waals surface area contributed by atoms with Crippen molar-refractivity contribution in [2.75, 3.05) is 40.5 Å². The molecule has 41 heavy (non-hydrogen) atoms. The Bertz CT molecular complexity index is 1180. The molecule has 4 unspecified atom stereocenters. The van der Waals surface area contributed by atoms with Crippen LogP contribution in [-0.2, 0) is 20.9 Å². The predicted octanol–water partition coefficient (Wildman–Crippen LogP) is 1.50. The molecule has 0 saturated heterocycles. The molecule has 0 spiro atoms. The number of carbonyl (C=O) groups is 2. The van der Waals surface area contributed by atoms with Crippen molar-refractivity contribution in [1.82, 2.24) is 10.2 Å². The van der Waals surface area contributed by atoms with Gasteiger partial charge >= 0.3 is 0 Å². The molecule has 1 heterocycles. The van der Waals surface area contributed by atoms with Crippen LogP contribution in [0.15, 0.2) is 23.8 Å². The van der Waals surface area contributed by atoms with E-state index in [2.05, 4.69) is 5.32 Å². The summed E-state index contributed by atoms with van der Waals surface area (Å²) in [6, 6.07) is 2.64. The van der Waals surface area contributed by atoms with Crippen LogP contribution in [0, 0.1) is 23.2 Å². The number of methoxy groups -OCH3 is 2. The van der Waals surface area contributed by atoms with Crippen LogP contribution in [0.3, 0.4) is 0 Å². The molecule has 4 bridgehead atoms. The van der Waals surface area contributed by atoms with E-state index >= 15 is 0 Å². The Morgan fingerprint density at radius 1 is 1.10 bits per heavy atom. The lowest BCUT2D eigenvalue weighted by molar-refractivity contribution is -0.148. The Hall–Kier alpha value is -2.66. The molecule has 1 aromatic carbocycles. The maximum atomic E-state index is 13.7. The Kier molecular flexibility index (Phi) is 7.78. The van der Waals surface area contributed by atoms with Gasteiger partial charge in [-0.15, -0.1) is 0 Å². The van der Waals surface area contributed by atoms with E-state index in [1.165, 1.54) is 33.5 Å². The summed E-state index contributed by atoms with van der Waals surface area (Å²) in [7, 11) is 2.99. The van der Waals surface area contributed by atoms with Gasteiger partial charge in [0.2, 0.25) is 11.8 Å². The molecule has 1 aliphatic heterocycles. The van der Waals surface area contributed by atoms with E-state index in [-0.39, 0.29) is 37.7 Å². The van der Waals surface area contributed by atoms with Gasteiger partial charge in [-0.1, -0.05) is 0 Å². The van der Waals surface area contributed by atoms with Gasteiger partial charge in [0.1, 0.15) is 18.8 Å². The van der Waals surface area contributed by atoms with Crippen molar-refractivity contribution in [2.45, 2.75) is 69.3 Å². The zero-order valence-corrected chi connectivity index (χ0v) is 23.9. The summed E-state index contributed by atoms with van der Waals surface area (Å²) in [6.07, 6.45) is 6.82. The maximum absolute atomic E-state index is 13.7. The molecule has 4 fully saturated rings. The molecule has 4 N–H and O–H groups in total. The number of amides is 2. The third kappa shape index (κ3) is 5.02. The van der Waals surface area contributed by atoms with Gasteiger partial charge in [-0.2, -0.15) is 0 Å². The number of nitrogens with zero attached hydrogens (tertiary/aromatic N) is 1. The number of aliphatic hydroxyl groups excluding tert-OH is 3. The third-order valence-corrected chi connectivity index (χ3v) is 10.1. The molecule has 0 radical (unpaired) electrons. The molecule has 224 valence electrons. The van der Waals surface area contributed by atoms with E-state index in [1.807, 2.05) is 0 Å². The average molecular weight is 571 g/mol. The summed E-state index contributed by atoms with van der Waals surface area (Å²) in [5.74, 6) is 1.62. The van der Waals surface area contributed by atoms with Crippen molar-refractivity contribution >= 4 is 11.8 Å². The van der Waals surface area contributed by atoms with E-state index in [4.69, 9.17) is 14.2 Å². The average Bonchev–Trinajstić information content (AvgIpc) is 3.34. The minimum atomic E-state index is -1.13. The fourth-order valence-corrected chi connectivity index (χ4v) is 9.03. The molecular formula is C31H42N2O8. The van der Waals surface area contributed by atoms with Crippen molar-refractivity contribution in [1.29, 1.82) is 0 Å². The Labute approximate surface area is 240 Å². The molecule has 0 aromatic heterocycles. The lowest BCUT2D eigenvalue weighted by atomic mass is 9.49. The standard InChI is InChI=1S/C31H42N2O8/c1-39-15-25(36)33(16-31-11-17-5-18(12-31)7-19(6-17)13-31)23-10-22(30(38)32-3-4-34)26-21-8-20(14-35)9-24(40-2)28(21)41-29(26)27(23)37/h8-10,17-19,23,26-27,29,34-35,37H,3-7,11-16H2,1-2H3,(H,32,38). The Morgan fingerprint density at radius 3 is 2.37 bits per heavy atom. The normalized spacial score (nSPS) is 34.4. The number of nitrogens with one attached hydrogen (secondary N) is 1. The van der Waals surface area contributed by atoms with Gasteiger partial charge in [0.15, 0.2) is 11.5 Å². The minimum Gasteiger partial charge on any atom is -0.493 e. The van der Waals surface area contributed by atoms with E-state index in [0.29, 0.717) is 52.5 Å². The molecular weight excluding hydrogens is 528 g/mol. The zero-order valence-electron chi connectivity index (χ0n) is 23.9. The first kappa shape index (κ1) is 28.5. The molecule has 5 aliphatic carbocycles. The molecule has 2 amide bonds. The molecule has 10 heteroatoms. The number of ether oxygens (including phenoxy) is 3. The second-order valence-corrected chi connectivity index (χ2v) is 12.9. The Balaban J connectivity index is 1.40. The maximum Gasteiger partial charge on any atom is 0.249 e. The molecule has 10 nitrogen and oxygen atoms in total. The summed E-state index contributed by atoms with van der Waals surface area (Å²) in [4.78, 5) is 29.0. The van der Waals surface area contributed by atoms with Gasteiger partial charge < -0.3 is 39.7 Å². The number of hydrogen-bond acceptors (Lipinski definition) is 8. The van der Waals surface area contributed by atoms with Crippen molar-refractivity contribution in [2.24, 2.45) is 23.2 Å². The predicted molar refractivity (Wildman–Crippen MR) is 148 cm³/mol. The first-order valence-electron chi connectivity index (χ1n) is 14.8. The topological polar surface area (TPSA) is 138 Å². The highest BCUT2D eigenvalue weighted by Crippen LogP contribution is 2.60. The molecule has 1 aromatic rings. The first-order chi connectivity index (χ1) is 19.8. The van der Waals surface area contributed by atoms with Gasteiger partial charge in [-0.05, 0) is 85.5 Å². The second-order valence-electron chi connectivity index (χ2n) is 12.9. The zero-order chi connectivity index (χ0) is 28.9. The highest BCUT2D eigenvalue weighted by atomic mass is 16.5. The Morgan fingerprint density at radius 2 is 1.78 bits per heavy atom. The van der Waals surface area contributed by atoms with Crippen molar-refractivity contribution in [3.8, 4) is 11.5 Å². The number of rotatable bonds is 10. The van der Waals surface area contributed by atoms with Gasteiger partial charge in [-0.25, -0.2) is 0 Å². The lowest BCUT2D eigenvalue weighted by Crippen LogP contribution is -2.60. The van der Waals surface area contributed by atoms with Crippen LogP contribution in [0.1, 0.15) is 55.6 Å². The van der Waals surface area contributed by atoms with Crippen LogP contribution in [0.25, 0.3) is 0 Å². The van der Waals surface area contributed by atoms with Crippen LogP contribution >= 0.6 is 0 Å². The third-order valence-electron chi connectivity index (χ3n) is 10.1. The van der Waals surface area contributed by atoms with Crippen LogP contribution in [0.5, 0.6) is 11.5 Å². The number of fused-ring (bicyclic) bond motifs is 3. The summed E-state index contributed by atoms with van der Waals surface area (Å²) in [6.45, 7) is -0.0112. The summed E-state index contributed by atoms with van der Waals surface area (Å²) in [5, 5.41) is 33.9. The van der Waals surface area contributed by atoms with E-state index in [9.17, 15) is 24.9 Å². The largest absolute Gasteiger partial charge is 0.493 e. The van der Waals surface area contributed by atoms with E-state index in [0.717, 1.165) is 19.3 Å². The van der Waals surface area contributed by atoms with Gasteiger partial charge in [0.05, 0.1) is 32.3 Å². The van der Waals surface area contributed by atoms with Gasteiger partial charge in [0.25, 0.3) is 0 Å². The van der Waals surface area contributed by atoms with Crippen molar-refractivity contribution < 1.29 is 39.1 Å². The summed E-state index contributed by atoms with van der Waals surface area (Å²) in [5.41, 5.74) is 1.59. The number of hydrogen-bond donors (Lipinski definition) is 4. The molecule has 4 saturated carbocycles. The second kappa shape index (κ2) is 11.2. The fraction of sp³-hybridized carbons (Fsp3) is 0.677. The van der Waals surface area contributed by atoms with Crippen LogP contribution in [-0.4, -0.2) is 90.8 Å². The minimum absolute atomic E-state index is 0.000610. The summed E-state index contributed by atoms with van der Waals surface area (Å²) >= 11 is 0. The smallest absolute Gasteiger partial charge is 0.249 e. The fourth-order valence-electron chi connectivity index (χ4n) is 9.03. The summed E-state index contributed by atoms with van der Waals surface area (Å²) < 4.78 is 17.2. The lowest BCUT2D eigenvalue weighted by Gasteiger charge is -2.58. The van der Waals surface area contributed by atoms with Gasteiger partial charge in [0, 0.05) is 31.3 Å². The highest BCUT2D eigenvalue weighted by Gasteiger charge is 2.55. The quantitative estimate of drug-likeness (QED) is 0.332. The van der Waals surface area contributed by atoms with E-state index in [1.54, 1.807) is 23.1 Å². The molecule has 6 aliphatic rings. The number of carbonyl (C=O) groups excluding carboxylic acids is 2. The highest BCUT2D eigenvalue weighted by molar-refractivity contribution is 5.96.